The van der Waals surface area contributed by atoms with Crippen molar-refractivity contribution >= 4 is 16.0 Å². The molecule has 1 heterocycles. The van der Waals surface area contributed by atoms with Crippen LogP contribution in [0, 0.1) is 0 Å². The highest BCUT2D eigenvalue weighted by molar-refractivity contribution is 7.89. The smallest absolute Gasteiger partial charge is 0.399 e. The monoisotopic (exact) mass is 464 g/mol. The van der Waals surface area contributed by atoms with Gasteiger partial charge in [-0.3, -0.25) is 0 Å². The summed E-state index contributed by atoms with van der Waals surface area (Å²) in [5, 5.41) is 5.16. The molecular formula is C24H20N2O6S. The summed E-state index contributed by atoms with van der Waals surface area (Å²) >= 11 is 0. The molecular weight excluding hydrogens is 444 g/mol. The number of primary sulfonamides is 1. The SMILES string of the molecule is CCOC(=O)c1ccccc1Oc1nc(-c2cccc(-c3ccc(S(N)(=O)=O)cc3)c2)co1. The van der Waals surface area contributed by atoms with E-state index in [1.807, 2.05) is 24.3 Å². The molecule has 0 saturated heterocycles. The third kappa shape index (κ3) is 5.11. The lowest BCUT2D eigenvalue weighted by atomic mass is 10.0. The zero-order valence-electron chi connectivity index (χ0n) is 17.6. The van der Waals surface area contributed by atoms with Crippen LogP contribution in [0.25, 0.3) is 22.4 Å². The number of oxazole rings is 1. The Morgan fingerprint density at radius 3 is 2.42 bits per heavy atom. The maximum atomic E-state index is 12.1. The number of ether oxygens (including phenoxy) is 2. The highest BCUT2D eigenvalue weighted by atomic mass is 32.2. The second kappa shape index (κ2) is 9.27. The Labute approximate surface area is 190 Å². The number of carbonyl (C=O) groups is 1. The Balaban J connectivity index is 1.57. The molecule has 2 N–H and O–H groups in total. The third-order valence-electron chi connectivity index (χ3n) is 4.74. The van der Waals surface area contributed by atoms with Gasteiger partial charge in [-0.15, -0.1) is 0 Å². The van der Waals surface area contributed by atoms with E-state index >= 15 is 0 Å². The lowest BCUT2D eigenvalue weighted by Crippen LogP contribution is -2.11. The molecule has 0 aliphatic carbocycles. The number of benzene rings is 3. The first kappa shape index (κ1) is 22.3. The van der Waals surface area contributed by atoms with Gasteiger partial charge in [0, 0.05) is 5.56 Å². The van der Waals surface area contributed by atoms with Crippen molar-refractivity contribution in [1.29, 1.82) is 0 Å². The van der Waals surface area contributed by atoms with E-state index in [1.165, 1.54) is 18.4 Å². The number of nitrogens with two attached hydrogens (primary N) is 1. The predicted molar refractivity (Wildman–Crippen MR) is 121 cm³/mol. The molecule has 0 atom stereocenters. The van der Waals surface area contributed by atoms with Gasteiger partial charge in [0.1, 0.15) is 23.3 Å². The van der Waals surface area contributed by atoms with Crippen molar-refractivity contribution in [3.63, 3.8) is 0 Å². The lowest BCUT2D eigenvalue weighted by Gasteiger charge is -2.07. The van der Waals surface area contributed by atoms with E-state index in [0.29, 0.717) is 5.69 Å². The second-order valence-electron chi connectivity index (χ2n) is 6.97. The van der Waals surface area contributed by atoms with Crippen molar-refractivity contribution in [1.82, 2.24) is 4.98 Å². The molecule has 0 amide bonds. The highest BCUT2D eigenvalue weighted by Crippen LogP contribution is 2.30. The van der Waals surface area contributed by atoms with Gasteiger partial charge in [0.2, 0.25) is 10.0 Å². The molecule has 0 bridgehead atoms. The van der Waals surface area contributed by atoms with Gasteiger partial charge in [-0.1, -0.05) is 42.5 Å². The molecule has 4 aromatic rings. The molecule has 3 aromatic carbocycles. The van der Waals surface area contributed by atoms with E-state index in [-0.39, 0.29) is 28.9 Å². The summed E-state index contributed by atoms with van der Waals surface area (Å²) in [7, 11) is -3.75. The first-order valence-corrected chi connectivity index (χ1v) is 11.5. The molecule has 33 heavy (non-hydrogen) atoms. The standard InChI is InChI=1S/C24H20N2O6S/c1-2-30-23(27)20-8-3-4-9-22(20)32-24-26-21(15-31-24)18-7-5-6-17(14-18)16-10-12-19(13-11-16)33(25,28)29/h3-15H,2H2,1H3,(H2,25,28,29). The average Bonchev–Trinajstić information content (AvgIpc) is 3.28. The molecule has 0 saturated carbocycles. The lowest BCUT2D eigenvalue weighted by molar-refractivity contribution is 0.0523. The van der Waals surface area contributed by atoms with Gasteiger partial charge < -0.3 is 13.9 Å². The fourth-order valence-electron chi connectivity index (χ4n) is 3.16. The molecule has 0 unspecified atom stereocenters. The number of esters is 1. The summed E-state index contributed by atoms with van der Waals surface area (Å²) in [5.41, 5.74) is 3.23. The molecule has 0 aliphatic rings. The van der Waals surface area contributed by atoms with E-state index in [4.69, 9.17) is 19.0 Å². The van der Waals surface area contributed by atoms with Crippen LogP contribution in [-0.2, 0) is 14.8 Å². The van der Waals surface area contributed by atoms with Crippen LogP contribution in [0.3, 0.4) is 0 Å². The summed E-state index contributed by atoms with van der Waals surface area (Å²) in [5.74, 6) is -0.228. The first-order chi connectivity index (χ1) is 15.8. The van der Waals surface area contributed by atoms with Gasteiger partial charge in [0.15, 0.2) is 0 Å². The minimum absolute atomic E-state index is 0.0235. The summed E-state index contributed by atoms with van der Waals surface area (Å²) in [6.45, 7) is 1.97. The fourth-order valence-corrected chi connectivity index (χ4v) is 3.67. The molecule has 4 rings (SSSR count). The average molecular weight is 464 g/mol. The number of carbonyl (C=O) groups excluding carboxylic acids is 1. The maximum Gasteiger partial charge on any atom is 0.399 e. The van der Waals surface area contributed by atoms with Crippen LogP contribution in [0.4, 0.5) is 0 Å². The summed E-state index contributed by atoms with van der Waals surface area (Å²) in [6.07, 6.45) is 1.43. The Hall–Kier alpha value is -3.95. The maximum absolute atomic E-state index is 12.1. The van der Waals surface area contributed by atoms with E-state index in [9.17, 15) is 13.2 Å². The number of hydrogen-bond acceptors (Lipinski definition) is 7. The van der Waals surface area contributed by atoms with Gasteiger partial charge in [-0.05, 0) is 48.4 Å². The van der Waals surface area contributed by atoms with Crippen LogP contribution in [0.15, 0.2) is 88.4 Å². The summed E-state index contributed by atoms with van der Waals surface area (Å²) < 4.78 is 39.1. The summed E-state index contributed by atoms with van der Waals surface area (Å²) in [4.78, 5) is 16.5. The normalized spacial score (nSPS) is 11.2. The zero-order valence-corrected chi connectivity index (χ0v) is 18.4. The molecule has 0 fully saturated rings. The molecule has 0 aliphatic heterocycles. The van der Waals surface area contributed by atoms with Gasteiger partial charge in [0.05, 0.1) is 11.5 Å². The van der Waals surface area contributed by atoms with Crippen molar-refractivity contribution in [2.24, 2.45) is 5.14 Å². The number of rotatable bonds is 7. The van der Waals surface area contributed by atoms with E-state index < -0.39 is 16.0 Å². The highest BCUT2D eigenvalue weighted by Gasteiger charge is 2.16. The van der Waals surface area contributed by atoms with Gasteiger partial charge in [-0.2, -0.15) is 4.98 Å². The van der Waals surface area contributed by atoms with Crippen molar-refractivity contribution in [2.45, 2.75) is 11.8 Å². The van der Waals surface area contributed by atoms with Gasteiger partial charge in [0.25, 0.3) is 0 Å². The Morgan fingerprint density at radius 2 is 1.70 bits per heavy atom. The summed E-state index contributed by atoms with van der Waals surface area (Å²) in [6, 6.07) is 20.4. The number of hydrogen-bond donors (Lipinski definition) is 1. The largest absolute Gasteiger partial charge is 0.462 e. The van der Waals surface area contributed by atoms with Crippen LogP contribution in [0.5, 0.6) is 11.8 Å². The molecule has 1 aromatic heterocycles. The van der Waals surface area contributed by atoms with Crippen molar-refractivity contribution < 1.29 is 27.1 Å². The fraction of sp³-hybridized carbons (Fsp3) is 0.0833. The van der Waals surface area contributed by atoms with Gasteiger partial charge >= 0.3 is 12.0 Å². The van der Waals surface area contributed by atoms with Crippen LogP contribution in [0.1, 0.15) is 17.3 Å². The van der Waals surface area contributed by atoms with Gasteiger partial charge in [-0.25, -0.2) is 18.4 Å². The van der Waals surface area contributed by atoms with Crippen molar-refractivity contribution in [3.05, 3.63) is 84.6 Å². The van der Waals surface area contributed by atoms with Crippen LogP contribution < -0.4 is 9.88 Å². The van der Waals surface area contributed by atoms with Crippen LogP contribution in [0.2, 0.25) is 0 Å². The Bertz CT molecular complexity index is 1390. The van der Waals surface area contributed by atoms with Crippen LogP contribution in [-0.4, -0.2) is 26.0 Å². The van der Waals surface area contributed by atoms with Crippen molar-refractivity contribution in [2.75, 3.05) is 6.61 Å². The number of sulfonamides is 1. The first-order valence-electron chi connectivity index (χ1n) is 9.98. The molecule has 0 spiro atoms. The van der Waals surface area contributed by atoms with E-state index in [0.717, 1.165) is 16.7 Å². The van der Waals surface area contributed by atoms with Crippen LogP contribution >= 0.6 is 0 Å². The molecule has 0 radical (unpaired) electrons. The third-order valence-corrected chi connectivity index (χ3v) is 5.67. The predicted octanol–water partition coefficient (Wildman–Crippen LogP) is 4.63. The number of para-hydroxylation sites is 1. The molecule has 9 heteroatoms. The Kier molecular flexibility index (Phi) is 6.25. The molecule has 168 valence electrons. The number of nitrogens with zero attached hydrogens (tertiary/aromatic N) is 1. The Morgan fingerprint density at radius 1 is 0.970 bits per heavy atom. The second-order valence-corrected chi connectivity index (χ2v) is 8.53. The van der Waals surface area contributed by atoms with E-state index in [2.05, 4.69) is 4.98 Å². The number of aromatic nitrogens is 1. The topological polar surface area (TPSA) is 122 Å². The van der Waals surface area contributed by atoms with E-state index in [1.54, 1.807) is 43.3 Å². The quantitative estimate of drug-likeness (QED) is 0.396. The zero-order chi connectivity index (χ0) is 23.4. The minimum Gasteiger partial charge on any atom is -0.462 e. The van der Waals surface area contributed by atoms with Crippen molar-refractivity contribution in [3.8, 4) is 34.2 Å². The molecule has 8 nitrogen and oxygen atoms in total. The minimum atomic E-state index is -3.75.